The first kappa shape index (κ1) is 12.1. The van der Waals surface area contributed by atoms with E-state index in [1.807, 2.05) is 14.0 Å². The van der Waals surface area contributed by atoms with Crippen LogP contribution in [-0.2, 0) is 6.42 Å². The number of ether oxygens (including phenoxy) is 1. The van der Waals surface area contributed by atoms with Gasteiger partial charge in [-0.3, -0.25) is 4.79 Å². The molecule has 5 nitrogen and oxygen atoms in total. The van der Waals surface area contributed by atoms with Gasteiger partial charge in [-0.05, 0) is 32.4 Å². The number of aromatic nitrogens is 2. The summed E-state index contributed by atoms with van der Waals surface area (Å²) in [6.45, 7) is 2.98. The third kappa shape index (κ3) is 3.06. The van der Waals surface area contributed by atoms with Crippen LogP contribution in [-0.4, -0.2) is 29.7 Å². The highest BCUT2D eigenvalue weighted by Crippen LogP contribution is 2.29. The largest absolute Gasteiger partial charge is 0.474 e. The summed E-state index contributed by atoms with van der Waals surface area (Å²) in [5, 5.41) is 3.16. The SMILES string of the molecule is CCc1nc(OC2CC(CNC)C2)cc(=O)[nH]1. The molecule has 0 aromatic carbocycles. The molecule has 17 heavy (non-hydrogen) atoms. The van der Waals surface area contributed by atoms with Gasteiger partial charge >= 0.3 is 0 Å². The lowest BCUT2D eigenvalue weighted by Gasteiger charge is -2.34. The van der Waals surface area contributed by atoms with E-state index in [2.05, 4.69) is 15.3 Å². The van der Waals surface area contributed by atoms with Crippen LogP contribution < -0.4 is 15.6 Å². The first-order valence-corrected chi connectivity index (χ1v) is 6.12. The lowest BCUT2D eigenvalue weighted by Crippen LogP contribution is -2.39. The molecular weight excluding hydrogens is 218 g/mol. The van der Waals surface area contributed by atoms with Crippen LogP contribution in [0.2, 0.25) is 0 Å². The second-order valence-corrected chi connectivity index (χ2v) is 4.52. The average molecular weight is 237 g/mol. The Balaban J connectivity index is 1.92. The van der Waals surface area contributed by atoms with Gasteiger partial charge in [0, 0.05) is 6.42 Å². The molecule has 1 fully saturated rings. The van der Waals surface area contributed by atoms with Crippen molar-refractivity contribution in [2.45, 2.75) is 32.3 Å². The molecule has 1 heterocycles. The van der Waals surface area contributed by atoms with Gasteiger partial charge in [-0.2, -0.15) is 0 Å². The number of rotatable bonds is 5. The molecule has 1 aromatic rings. The maximum absolute atomic E-state index is 11.3. The first-order chi connectivity index (χ1) is 8.21. The lowest BCUT2D eigenvalue weighted by atomic mass is 9.82. The summed E-state index contributed by atoms with van der Waals surface area (Å²) in [7, 11) is 1.96. The number of hydrogen-bond donors (Lipinski definition) is 2. The topological polar surface area (TPSA) is 67.0 Å². The maximum Gasteiger partial charge on any atom is 0.254 e. The molecule has 2 rings (SSSR count). The number of H-pyrrole nitrogens is 1. The normalized spacial score (nSPS) is 23.2. The van der Waals surface area contributed by atoms with Gasteiger partial charge in [0.2, 0.25) is 5.88 Å². The average Bonchev–Trinajstić information content (AvgIpc) is 2.25. The number of nitrogens with one attached hydrogen (secondary N) is 2. The predicted molar refractivity (Wildman–Crippen MR) is 65.3 cm³/mol. The molecule has 0 radical (unpaired) electrons. The van der Waals surface area contributed by atoms with Gasteiger partial charge in [-0.25, -0.2) is 4.98 Å². The fourth-order valence-corrected chi connectivity index (χ4v) is 2.11. The Bertz CT molecular complexity index is 424. The van der Waals surface area contributed by atoms with Crippen molar-refractivity contribution in [1.82, 2.24) is 15.3 Å². The van der Waals surface area contributed by atoms with Gasteiger partial charge in [0.1, 0.15) is 11.9 Å². The van der Waals surface area contributed by atoms with Crippen molar-refractivity contribution in [3.05, 3.63) is 22.2 Å². The van der Waals surface area contributed by atoms with E-state index in [9.17, 15) is 4.79 Å². The molecule has 2 N–H and O–H groups in total. The highest BCUT2D eigenvalue weighted by atomic mass is 16.5. The first-order valence-electron chi connectivity index (χ1n) is 6.12. The van der Waals surface area contributed by atoms with E-state index in [0.29, 0.717) is 24.0 Å². The van der Waals surface area contributed by atoms with E-state index in [1.165, 1.54) is 6.07 Å². The second kappa shape index (κ2) is 5.31. The van der Waals surface area contributed by atoms with Crippen LogP contribution in [0.15, 0.2) is 10.9 Å². The zero-order valence-electron chi connectivity index (χ0n) is 10.3. The smallest absolute Gasteiger partial charge is 0.254 e. The van der Waals surface area contributed by atoms with Crippen molar-refractivity contribution >= 4 is 0 Å². The minimum absolute atomic E-state index is 0.141. The van der Waals surface area contributed by atoms with Crippen molar-refractivity contribution in [3.63, 3.8) is 0 Å². The summed E-state index contributed by atoms with van der Waals surface area (Å²) in [6, 6.07) is 1.42. The summed E-state index contributed by atoms with van der Waals surface area (Å²) >= 11 is 0. The molecule has 0 saturated heterocycles. The summed E-state index contributed by atoms with van der Waals surface area (Å²) in [6.07, 6.45) is 3.00. The van der Waals surface area contributed by atoms with E-state index in [4.69, 9.17) is 4.74 Å². The van der Waals surface area contributed by atoms with Crippen LogP contribution >= 0.6 is 0 Å². The molecule has 1 aromatic heterocycles. The van der Waals surface area contributed by atoms with Crippen molar-refractivity contribution in [2.75, 3.05) is 13.6 Å². The van der Waals surface area contributed by atoms with E-state index < -0.39 is 0 Å². The van der Waals surface area contributed by atoms with Crippen LogP contribution in [0.1, 0.15) is 25.6 Å². The van der Waals surface area contributed by atoms with Crippen molar-refractivity contribution in [3.8, 4) is 5.88 Å². The quantitative estimate of drug-likeness (QED) is 0.791. The minimum atomic E-state index is -0.141. The van der Waals surface area contributed by atoms with Crippen molar-refractivity contribution in [1.29, 1.82) is 0 Å². The maximum atomic E-state index is 11.3. The molecule has 0 amide bonds. The number of nitrogens with zero attached hydrogens (tertiary/aromatic N) is 1. The molecule has 1 aliphatic rings. The van der Waals surface area contributed by atoms with E-state index in [0.717, 1.165) is 19.4 Å². The third-order valence-corrected chi connectivity index (χ3v) is 3.07. The Labute approximate surface area is 101 Å². The number of hydrogen-bond acceptors (Lipinski definition) is 4. The van der Waals surface area contributed by atoms with Gasteiger partial charge in [0.25, 0.3) is 5.56 Å². The fraction of sp³-hybridized carbons (Fsp3) is 0.667. The molecule has 94 valence electrons. The molecule has 1 saturated carbocycles. The van der Waals surface area contributed by atoms with Crippen molar-refractivity contribution < 1.29 is 4.74 Å². The second-order valence-electron chi connectivity index (χ2n) is 4.52. The fourth-order valence-electron chi connectivity index (χ4n) is 2.11. The third-order valence-electron chi connectivity index (χ3n) is 3.07. The lowest BCUT2D eigenvalue weighted by molar-refractivity contribution is 0.0612. The Morgan fingerprint density at radius 2 is 2.35 bits per heavy atom. The Morgan fingerprint density at radius 1 is 1.59 bits per heavy atom. The molecular formula is C12H19N3O2. The van der Waals surface area contributed by atoms with Crippen LogP contribution in [0.4, 0.5) is 0 Å². The van der Waals surface area contributed by atoms with Crippen LogP contribution in [0.25, 0.3) is 0 Å². The van der Waals surface area contributed by atoms with Crippen molar-refractivity contribution in [2.24, 2.45) is 5.92 Å². The van der Waals surface area contributed by atoms with Gasteiger partial charge < -0.3 is 15.0 Å². The molecule has 0 aliphatic heterocycles. The van der Waals surface area contributed by atoms with Gasteiger partial charge in [-0.15, -0.1) is 0 Å². The van der Waals surface area contributed by atoms with Gasteiger partial charge in [-0.1, -0.05) is 6.92 Å². The summed E-state index contributed by atoms with van der Waals surface area (Å²) < 4.78 is 5.69. The van der Waals surface area contributed by atoms with Crippen LogP contribution in [0.5, 0.6) is 5.88 Å². The van der Waals surface area contributed by atoms with Crippen LogP contribution in [0, 0.1) is 5.92 Å². The summed E-state index contributed by atoms with van der Waals surface area (Å²) in [5.74, 6) is 1.83. The molecule has 0 unspecified atom stereocenters. The minimum Gasteiger partial charge on any atom is -0.474 e. The highest BCUT2D eigenvalue weighted by molar-refractivity contribution is 5.10. The predicted octanol–water partition coefficient (Wildman–Crippen LogP) is 0.709. The van der Waals surface area contributed by atoms with Gasteiger partial charge in [0.15, 0.2) is 0 Å². The van der Waals surface area contributed by atoms with Gasteiger partial charge in [0.05, 0.1) is 6.07 Å². The number of aromatic amines is 1. The highest BCUT2D eigenvalue weighted by Gasteiger charge is 2.30. The zero-order valence-corrected chi connectivity index (χ0v) is 10.3. The molecule has 0 atom stereocenters. The van der Waals surface area contributed by atoms with E-state index in [-0.39, 0.29) is 11.7 Å². The summed E-state index contributed by atoms with van der Waals surface area (Å²) in [5.41, 5.74) is -0.141. The summed E-state index contributed by atoms with van der Waals surface area (Å²) in [4.78, 5) is 18.3. The van der Waals surface area contributed by atoms with E-state index >= 15 is 0 Å². The Kier molecular flexibility index (Phi) is 3.78. The van der Waals surface area contributed by atoms with Crippen LogP contribution in [0.3, 0.4) is 0 Å². The van der Waals surface area contributed by atoms with E-state index in [1.54, 1.807) is 0 Å². The Hall–Kier alpha value is -1.36. The zero-order chi connectivity index (χ0) is 12.3. The standard InChI is InChI=1S/C12H19N3O2/c1-3-10-14-11(16)6-12(15-10)17-9-4-8(5-9)7-13-2/h6,8-9,13H,3-5,7H2,1-2H3,(H,14,15,16). The Morgan fingerprint density at radius 3 is 3.00 bits per heavy atom. The molecule has 0 bridgehead atoms. The number of aryl methyl sites for hydroxylation is 1. The molecule has 1 aliphatic carbocycles. The molecule has 0 spiro atoms. The monoisotopic (exact) mass is 237 g/mol. The molecule has 5 heteroatoms.